The first-order valence-corrected chi connectivity index (χ1v) is 13.1. The van der Waals surface area contributed by atoms with Gasteiger partial charge >= 0.3 is 0 Å². The third kappa shape index (κ3) is 6.02. The molecule has 1 N–H and O–H groups in total. The minimum Gasteiger partial charge on any atom is -0.507 e. The van der Waals surface area contributed by atoms with Gasteiger partial charge in [0, 0.05) is 11.1 Å². The molecule has 0 heterocycles. The number of ether oxygens (including phenoxy) is 1. The maximum absolute atomic E-state index is 11.3. The summed E-state index contributed by atoms with van der Waals surface area (Å²) >= 11 is 0. The lowest BCUT2D eigenvalue weighted by Crippen LogP contribution is -1.93. The van der Waals surface area contributed by atoms with Crippen molar-refractivity contribution in [1.82, 2.24) is 0 Å². The third-order valence-corrected chi connectivity index (χ3v) is 6.87. The quantitative estimate of drug-likeness (QED) is 0.222. The first kappa shape index (κ1) is 25.8. The molecule has 5 rings (SSSR count). The molecule has 0 fully saturated rings. The number of methoxy groups -OCH3 is 1. The molecule has 0 aromatic heterocycles. The van der Waals surface area contributed by atoms with Crippen LogP contribution in [0.3, 0.4) is 0 Å². The van der Waals surface area contributed by atoms with Gasteiger partial charge in [-0.25, -0.2) is 0 Å². The molecule has 5 aromatic rings. The van der Waals surface area contributed by atoms with Crippen molar-refractivity contribution in [1.29, 1.82) is 0 Å². The fraction of sp³-hybridized carbons (Fsp3) is 0.0811. The van der Waals surface area contributed by atoms with Crippen LogP contribution in [-0.4, -0.2) is 12.2 Å². The summed E-state index contributed by atoms with van der Waals surface area (Å²) in [7, 11) is 1.67. The maximum Gasteiger partial charge on any atom is 0.126 e. The highest BCUT2D eigenvalue weighted by Gasteiger charge is 2.13. The summed E-state index contributed by atoms with van der Waals surface area (Å²) < 4.78 is 5.86. The highest BCUT2D eigenvalue weighted by molar-refractivity contribution is 5.95. The van der Waals surface area contributed by atoms with E-state index in [1.165, 1.54) is 11.1 Å². The van der Waals surface area contributed by atoms with Gasteiger partial charge in [-0.2, -0.15) is 0 Å². The Hall–Kier alpha value is -4.82. The molecule has 0 spiro atoms. The minimum atomic E-state index is 0.193. The SMILES string of the molecule is COc1cc(/C=C(\c2ccccc2)c2ccc(C)cc2)c(O)cc1/C=C(\c1ccccc1)c1ccc(C)cc1. The van der Waals surface area contributed by atoms with Gasteiger partial charge in [-0.15, -0.1) is 0 Å². The van der Waals surface area contributed by atoms with E-state index in [1.54, 1.807) is 13.2 Å². The van der Waals surface area contributed by atoms with Crippen LogP contribution in [0.15, 0.2) is 121 Å². The monoisotopic (exact) mass is 508 g/mol. The molecule has 0 radical (unpaired) electrons. The van der Waals surface area contributed by atoms with Crippen molar-refractivity contribution in [3.8, 4) is 11.5 Å². The van der Waals surface area contributed by atoms with Gasteiger partial charge in [-0.05, 0) is 71.5 Å². The molecule has 0 unspecified atom stereocenters. The predicted octanol–water partition coefficient (Wildman–Crippen LogP) is 9.20. The zero-order valence-electron chi connectivity index (χ0n) is 22.6. The second-order valence-electron chi connectivity index (χ2n) is 9.73. The molecule has 5 aromatic carbocycles. The van der Waals surface area contributed by atoms with E-state index < -0.39 is 0 Å². The summed E-state index contributed by atoms with van der Waals surface area (Å²) in [5.74, 6) is 0.884. The molecule has 0 saturated heterocycles. The van der Waals surface area contributed by atoms with Gasteiger partial charge in [0.2, 0.25) is 0 Å². The normalized spacial score (nSPS) is 11.9. The highest BCUT2D eigenvalue weighted by Crippen LogP contribution is 2.36. The molecule has 0 saturated carbocycles. The van der Waals surface area contributed by atoms with Crippen LogP contribution in [0.4, 0.5) is 0 Å². The minimum absolute atomic E-state index is 0.193. The Labute approximate surface area is 231 Å². The summed E-state index contributed by atoms with van der Waals surface area (Å²) in [5.41, 5.74) is 10.4. The molecule has 0 atom stereocenters. The van der Waals surface area contributed by atoms with E-state index in [2.05, 4.69) is 92.7 Å². The molecule has 39 heavy (non-hydrogen) atoms. The van der Waals surface area contributed by atoms with Gasteiger partial charge in [0.15, 0.2) is 0 Å². The Morgan fingerprint density at radius 3 is 1.38 bits per heavy atom. The largest absolute Gasteiger partial charge is 0.507 e. The lowest BCUT2D eigenvalue weighted by molar-refractivity contribution is 0.411. The molecular formula is C37H32O2. The molecule has 192 valence electrons. The molecular weight excluding hydrogens is 476 g/mol. The summed E-state index contributed by atoms with van der Waals surface area (Å²) in [6.45, 7) is 4.17. The molecule has 2 nitrogen and oxygen atoms in total. The summed E-state index contributed by atoms with van der Waals surface area (Å²) in [5, 5.41) is 11.3. The van der Waals surface area contributed by atoms with Crippen LogP contribution in [0, 0.1) is 13.8 Å². The van der Waals surface area contributed by atoms with E-state index >= 15 is 0 Å². The van der Waals surface area contributed by atoms with Gasteiger partial charge < -0.3 is 9.84 Å². The summed E-state index contributed by atoms with van der Waals surface area (Å²) in [4.78, 5) is 0. The Morgan fingerprint density at radius 1 is 0.538 bits per heavy atom. The van der Waals surface area contributed by atoms with Crippen molar-refractivity contribution in [2.75, 3.05) is 7.11 Å². The molecule has 0 aliphatic heterocycles. The van der Waals surface area contributed by atoms with Gasteiger partial charge in [0.25, 0.3) is 0 Å². The number of benzene rings is 5. The Kier molecular flexibility index (Phi) is 7.75. The number of phenols is 1. The topological polar surface area (TPSA) is 29.5 Å². The number of aromatic hydroxyl groups is 1. The zero-order chi connectivity index (χ0) is 27.2. The van der Waals surface area contributed by atoms with Crippen LogP contribution in [0.25, 0.3) is 23.3 Å². The van der Waals surface area contributed by atoms with Crippen LogP contribution in [0.1, 0.15) is 44.5 Å². The number of phenolic OH excluding ortho intramolecular Hbond substituents is 1. The van der Waals surface area contributed by atoms with Crippen LogP contribution in [-0.2, 0) is 0 Å². The lowest BCUT2D eigenvalue weighted by Gasteiger charge is -2.14. The van der Waals surface area contributed by atoms with Gasteiger partial charge in [0.05, 0.1) is 7.11 Å². The smallest absolute Gasteiger partial charge is 0.126 e. The van der Waals surface area contributed by atoms with E-state index in [1.807, 2.05) is 48.5 Å². The lowest BCUT2D eigenvalue weighted by atomic mass is 9.93. The van der Waals surface area contributed by atoms with Gasteiger partial charge in [-0.3, -0.25) is 0 Å². The number of hydrogen-bond acceptors (Lipinski definition) is 2. The van der Waals surface area contributed by atoms with E-state index in [9.17, 15) is 5.11 Å². The highest BCUT2D eigenvalue weighted by atomic mass is 16.5. The first-order chi connectivity index (χ1) is 19.0. The third-order valence-electron chi connectivity index (χ3n) is 6.87. The van der Waals surface area contributed by atoms with E-state index in [0.29, 0.717) is 11.3 Å². The molecule has 0 bridgehead atoms. The van der Waals surface area contributed by atoms with E-state index in [4.69, 9.17) is 4.74 Å². The fourth-order valence-electron chi connectivity index (χ4n) is 4.68. The van der Waals surface area contributed by atoms with Crippen molar-refractivity contribution in [3.05, 3.63) is 166 Å². The van der Waals surface area contributed by atoms with Crippen LogP contribution in [0.5, 0.6) is 11.5 Å². The Bertz CT molecular complexity index is 1610. The van der Waals surface area contributed by atoms with Crippen molar-refractivity contribution in [2.24, 2.45) is 0 Å². The summed E-state index contributed by atoms with van der Waals surface area (Å²) in [6.07, 6.45) is 4.12. The average Bonchev–Trinajstić information content (AvgIpc) is 2.97. The van der Waals surface area contributed by atoms with E-state index in [0.717, 1.165) is 39.0 Å². The van der Waals surface area contributed by atoms with Gasteiger partial charge in [-0.1, -0.05) is 120 Å². The number of aryl methyl sites for hydroxylation is 2. The Morgan fingerprint density at radius 2 is 0.949 bits per heavy atom. The molecule has 2 heteroatoms. The first-order valence-electron chi connectivity index (χ1n) is 13.1. The second-order valence-corrected chi connectivity index (χ2v) is 9.73. The average molecular weight is 509 g/mol. The maximum atomic E-state index is 11.3. The van der Waals surface area contributed by atoms with Crippen LogP contribution in [0.2, 0.25) is 0 Å². The summed E-state index contributed by atoms with van der Waals surface area (Å²) in [6, 6.07) is 41.2. The van der Waals surface area contributed by atoms with Crippen LogP contribution >= 0.6 is 0 Å². The number of hydrogen-bond donors (Lipinski definition) is 1. The zero-order valence-corrected chi connectivity index (χ0v) is 22.6. The predicted molar refractivity (Wildman–Crippen MR) is 164 cm³/mol. The van der Waals surface area contributed by atoms with Gasteiger partial charge in [0.1, 0.15) is 11.5 Å². The molecule has 0 amide bonds. The van der Waals surface area contributed by atoms with Crippen molar-refractivity contribution in [3.63, 3.8) is 0 Å². The van der Waals surface area contributed by atoms with E-state index in [-0.39, 0.29) is 5.75 Å². The fourth-order valence-corrected chi connectivity index (χ4v) is 4.68. The van der Waals surface area contributed by atoms with Crippen LogP contribution < -0.4 is 4.74 Å². The van der Waals surface area contributed by atoms with Crippen molar-refractivity contribution >= 4 is 23.3 Å². The standard InChI is InChI=1S/C37H32O2/c1-26-14-18-30(19-15-26)34(28-10-6-4-7-11-28)22-32-25-37(39-3)33(24-36(32)38)23-35(29-12-8-5-9-13-29)31-20-16-27(2)17-21-31/h4-25,38H,1-3H3/b34-22+,35-23+. The molecule has 0 aliphatic carbocycles. The van der Waals surface area contributed by atoms with Crippen molar-refractivity contribution in [2.45, 2.75) is 13.8 Å². The second kappa shape index (κ2) is 11.7. The number of rotatable bonds is 7. The van der Waals surface area contributed by atoms with Crippen molar-refractivity contribution < 1.29 is 9.84 Å². The molecule has 0 aliphatic rings. The Balaban J connectivity index is 1.64.